The minimum Gasteiger partial charge on any atom is -0.512 e. The smallest absolute Gasteiger partial charge is 0.155 e. The third-order valence-electron chi connectivity index (χ3n) is 17.5. The van der Waals surface area contributed by atoms with Gasteiger partial charge in [-0.15, -0.1) is 118 Å². The minimum atomic E-state index is -0.125. The molecule has 0 aliphatic rings. The average molecular weight is 2020 g/mol. The molecule has 0 unspecified atom stereocenters. The Morgan fingerprint density at radius 1 is 0.396 bits per heavy atom. The Hall–Kier alpha value is -11.1. The molecule has 0 aliphatic carbocycles. The van der Waals surface area contributed by atoms with Crippen LogP contribution in [0, 0.1) is 59.7 Å². The second-order valence-electron chi connectivity index (χ2n) is 26.5. The summed E-state index contributed by atoms with van der Waals surface area (Å²) in [6.07, 6.45) is 3.50. The van der Waals surface area contributed by atoms with E-state index in [4.69, 9.17) is 47.9 Å². The monoisotopic (exact) mass is 2020 g/mol. The molecule has 3 radical (unpaired) electrons. The van der Waals surface area contributed by atoms with E-state index in [9.17, 15) is 14.4 Å². The Balaban J connectivity index is 0.000000167. The van der Waals surface area contributed by atoms with Gasteiger partial charge in [0.15, 0.2) is 34.1 Å². The van der Waals surface area contributed by atoms with Gasteiger partial charge < -0.3 is 33.0 Å². The van der Waals surface area contributed by atoms with Crippen LogP contribution in [0.1, 0.15) is 74.9 Å². The number of carbonyl (C=O) groups is 3. The number of aryl methyl sites for hydroxylation is 6. The summed E-state index contributed by atoms with van der Waals surface area (Å²) < 4.78 is 27.4. The van der Waals surface area contributed by atoms with Gasteiger partial charge in [0.1, 0.15) is 28.4 Å². The van der Waals surface area contributed by atoms with Crippen molar-refractivity contribution in [2.45, 2.75) is 83.1 Å². The molecule has 9 aromatic carbocycles. The number of para-hydroxylation sites is 1. The maximum atomic E-state index is 10.0. The summed E-state index contributed by atoms with van der Waals surface area (Å²) in [6.45, 7) is 21.3. The Bertz CT molecular complexity index is 6000. The van der Waals surface area contributed by atoms with Crippen molar-refractivity contribution in [1.29, 1.82) is 0 Å². The van der Waals surface area contributed by atoms with Gasteiger partial charge in [-0.1, -0.05) is 105 Å². The number of aliphatic hydroxyl groups excluding tert-OH is 3. The predicted octanol–water partition coefficient (Wildman–Crippen LogP) is 25.3. The molecule has 111 heavy (non-hydrogen) atoms. The number of benzene rings is 9. The van der Waals surface area contributed by atoms with Crippen LogP contribution in [0.4, 0.5) is 0 Å². The number of rotatable bonds is 9. The van der Waals surface area contributed by atoms with Crippen LogP contribution < -0.4 is 0 Å². The molecule has 8 heterocycles. The van der Waals surface area contributed by atoms with Crippen molar-refractivity contribution in [2.24, 2.45) is 0 Å². The molecule has 0 saturated carbocycles. The Kier molecular flexibility index (Phi) is 28.4. The molecule has 565 valence electrons. The number of fused-ring (bicyclic) bond motifs is 10. The molecule has 8 aromatic heterocycles. The molecule has 0 saturated heterocycles. The van der Waals surface area contributed by atoms with Crippen LogP contribution in [0.25, 0.3) is 154 Å². The number of carbonyl (C=O) groups excluding carboxylic acids is 3. The van der Waals surface area contributed by atoms with E-state index in [-0.39, 0.29) is 94.9 Å². The summed E-state index contributed by atoms with van der Waals surface area (Å²) in [5.41, 5.74) is 22.8. The third kappa shape index (κ3) is 20.3. The first-order chi connectivity index (χ1) is 51.9. The van der Waals surface area contributed by atoms with Crippen LogP contribution in [0.15, 0.2) is 272 Å². The number of pyridine rings is 3. The Labute approximate surface area is 688 Å². The van der Waals surface area contributed by atoms with Gasteiger partial charge in [0.25, 0.3) is 0 Å². The molecular formula is C94H78Ir3N3O10S-3. The summed E-state index contributed by atoms with van der Waals surface area (Å²) in [4.78, 5) is 44.5. The predicted molar refractivity (Wildman–Crippen MR) is 438 cm³/mol. The molecule has 0 bridgehead atoms. The van der Waals surface area contributed by atoms with Gasteiger partial charge in [-0.3, -0.25) is 29.3 Å². The Morgan fingerprint density at radius 3 is 1.34 bits per heavy atom. The van der Waals surface area contributed by atoms with E-state index < -0.39 is 0 Å². The van der Waals surface area contributed by atoms with Crippen molar-refractivity contribution in [3.63, 3.8) is 0 Å². The van der Waals surface area contributed by atoms with Crippen LogP contribution in [-0.4, -0.2) is 47.6 Å². The van der Waals surface area contributed by atoms with Crippen molar-refractivity contribution < 1.29 is 108 Å². The second kappa shape index (κ2) is 37.5. The number of aromatic nitrogens is 3. The molecule has 0 spiro atoms. The van der Waals surface area contributed by atoms with E-state index in [1.54, 1.807) is 0 Å². The zero-order valence-electron chi connectivity index (χ0n) is 63.0. The maximum Gasteiger partial charge on any atom is 0.155 e. The zero-order chi connectivity index (χ0) is 76.4. The number of furan rings is 4. The molecule has 0 amide bonds. The summed E-state index contributed by atoms with van der Waals surface area (Å²) in [5, 5.41) is 32.4. The average Bonchev–Trinajstić information content (AvgIpc) is 1.60. The summed E-state index contributed by atoms with van der Waals surface area (Å²) in [6, 6.07) is 83.9. The number of aliphatic hydroxyl groups is 3. The molecule has 17 rings (SSSR count). The van der Waals surface area contributed by atoms with Gasteiger partial charge in [-0.05, 0) is 162 Å². The first-order valence-corrected chi connectivity index (χ1v) is 35.9. The number of allylic oxidation sites excluding steroid dienone is 6. The molecule has 17 aromatic rings. The molecule has 17 heteroatoms. The van der Waals surface area contributed by atoms with Gasteiger partial charge >= 0.3 is 0 Å². The Morgan fingerprint density at radius 2 is 0.847 bits per heavy atom. The van der Waals surface area contributed by atoms with Crippen LogP contribution in [0.3, 0.4) is 0 Å². The van der Waals surface area contributed by atoms with Gasteiger partial charge in [-0.25, -0.2) is 0 Å². The fraction of sp³-hybridized carbons (Fsp3) is 0.128. The number of nitrogens with zero attached hydrogens (tertiary/aromatic N) is 3. The van der Waals surface area contributed by atoms with E-state index in [2.05, 4.69) is 163 Å². The van der Waals surface area contributed by atoms with Gasteiger partial charge in [-0.2, -0.15) is 0 Å². The minimum absolute atomic E-state index is 0. The SMILES string of the molecule is CC(=O)C=C(C)O.CC(=O)C=C(C)O.CC(=O)C=C(C)O.Cc1[c-]c(-c2ccc3oc(-c4ccc5ccccc5c4)cc3n2)cc(C)c1.Cc1cc2c(oc3ccccc32)c(C)c1-c1cc2nc(-c3[c-]cccc3)ccc2o1.Cc1cc2c(sc3ccccc32)c(C)c1-c1cc2nc(-c3[c-]cccc3)ccc2o1.[Ir].[Ir].[Ir]. The van der Waals surface area contributed by atoms with Crippen LogP contribution in [0.5, 0.6) is 0 Å². The molecular weight excluding hydrogens is 1940 g/mol. The summed E-state index contributed by atoms with van der Waals surface area (Å²) >= 11 is 1.85. The number of hydrogen-bond donors (Lipinski definition) is 3. The van der Waals surface area contributed by atoms with Crippen molar-refractivity contribution in [3.05, 3.63) is 305 Å². The molecule has 3 N–H and O–H groups in total. The molecule has 0 atom stereocenters. The molecule has 13 nitrogen and oxygen atoms in total. The van der Waals surface area contributed by atoms with E-state index in [0.717, 1.165) is 134 Å². The maximum absolute atomic E-state index is 10.0. The van der Waals surface area contributed by atoms with E-state index in [0.29, 0.717) is 0 Å². The van der Waals surface area contributed by atoms with Crippen molar-refractivity contribution >= 4 is 115 Å². The summed E-state index contributed by atoms with van der Waals surface area (Å²) in [7, 11) is 0. The van der Waals surface area contributed by atoms with Gasteiger partial charge in [0.2, 0.25) is 0 Å². The van der Waals surface area contributed by atoms with Gasteiger partial charge in [0.05, 0.1) is 33.8 Å². The normalized spacial score (nSPS) is 11.2. The zero-order valence-corrected chi connectivity index (χ0v) is 71.0. The fourth-order valence-electron chi connectivity index (χ4n) is 13.1. The fourth-order valence-corrected chi connectivity index (χ4v) is 14.3. The topological polar surface area (TPSA) is 203 Å². The van der Waals surface area contributed by atoms with E-state index in [1.807, 2.05) is 127 Å². The van der Waals surface area contributed by atoms with Crippen molar-refractivity contribution in [2.75, 3.05) is 0 Å². The second-order valence-corrected chi connectivity index (χ2v) is 27.5. The first-order valence-electron chi connectivity index (χ1n) is 35.0. The van der Waals surface area contributed by atoms with Crippen molar-refractivity contribution in [1.82, 2.24) is 15.0 Å². The molecule has 0 aliphatic heterocycles. The number of hydrogen-bond acceptors (Lipinski definition) is 14. The van der Waals surface area contributed by atoms with E-state index >= 15 is 0 Å². The van der Waals surface area contributed by atoms with E-state index in [1.165, 1.54) is 113 Å². The summed E-state index contributed by atoms with van der Waals surface area (Å²) in [5.74, 6) is 2.34. The largest absolute Gasteiger partial charge is 0.512 e. The van der Waals surface area contributed by atoms with Crippen LogP contribution in [-0.2, 0) is 74.7 Å². The van der Waals surface area contributed by atoms with Crippen molar-refractivity contribution in [3.8, 4) is 67.7 Å². The van der Waals surface area contributed by atoms with Gasteiger partial charge in [0, 0.05) is 150 Å². The number of thiophene rings is 1. The standard InChI is InChI=1S/C27H18NO2.C27H18NOS.C25H18NO.3C5H8O2.3Ir/c1-16-14-20-19-10-6-7-11-23(19)30-27(20)17(2)26(16)25-15-22-24(29-25)13-12-21(28-22)18-8-4-3-5-9-18;1-16-14-20-19-10-6-7-11-25(19)30-27(20)17(2)26(16)24-15-22-23(29-24)13-12-21(28-22)18-8-4-3-5-9-18;1-16-11-17(2)13-21(12-16)22-9-10-24-23(26-22)15-25(27-24)20-8-7-18-5-3-4-6-19(18)14-20;3*1-4(6)3-5(2)7;;;/h2*3-8,10-15H,1-2H3;3-12,14-15H,1-2H3;3*3,6H,1-2H3;;;/q3*-1;;;;;;. The van der Waals surface area contributed by atoms with Crippen LogP contribution >= 0.6 is 11.3 Å². The quantitative estimate of drug-likeness (QED) is 0.0700. The first kappa shape index (κ1) is 83.9. The molecule has 0 fully saturated rings. The number of ketones is 3. The van der Waals surface area contributed by atoms with Crippen LogP contribution in [0.2, 0.25) is 0 Å². The third-order valence-corrected chi connectivity index (χ3v) is 18.8.